The molecule has 0 spiro atoms. The molecular weight excluding hydrogens is 535 g/mol. The molecule has 2 aromatic heterocycles. The molecule has 0 bridgehead atoms. The molecule has 9 nitrogen and oxygen atoms in total. The lowest BCUT2D eigenvalue weighted by Gasteiger charge is -2.42. The van der Waals surface area contributed by atoms with E-state index in [0.717, 1.165) is 12.1 Å². The fraction of sp³-hybridized carbons (Fsp3) is 0.269. The summed E-state index contributed by atoms with van der Waals surface area (Å²) in [5.74, 6) is 0.855. The number of alkyl halides is 3. The SMILES string of the molecule is COc1ccc(N2CCC(CNc3ncc(-c4ccc(C(F)(F)F)cc4)c4ncn(C)c(=O)c34)S2(O)O)cc1. The molecule has 0 saturated carbocycles. The number of nitrogens with one attached hydrogen (secondary N) is 1. The lowest BCUT2D eigenvalue weighted by atomic mass is 10.0. The maximum atomic E-state index is 13.1. The van der Waals surface area contributed by atoms with Crippen molar-refractivity contribution in [3.8, 4) is 16.9 Å². The van der Waals surface area contributed by atoms with Gasteiger partial charge in [0.25, 0.3) is 5.56 Å². The number of anilines is 2. The molecule has 13 heteroatoms. The van der Waals surface area contributed by atoms with Crippen LogP contribution in [0.2, 0.25) is 0 Å². The topological polar surface area (TPSA) is 113 Å². The van der Waals surface area contributed by atoms with E-state index in [-0.39, 0.29) is 23.3 Å². The van der Waals surface area contributed by atoms with E-state index in [1.54, 1.807) is 35.7 Å². The van der Waals surface area contributed by atoms with Gasteiger partial charge in [-0.05, 0) is 48.4 Å². The van der Waals surface area contributed by atoms with Crippen LogP contribution in [-0.2, 0) is 13.2 Å². The summed E-state index contributed by atoms with van der Waals surface area (Å²) < 4.78 is 69.2. The van der Waals surface area contributed by atoms with E-state index >= 15 is 0 Å². The van der Waals surface area contributed by atoms with Gasteiger partial charge in [-0.25, -0.2) is 9.97 Å². The summed E-state index contributed by atoms with van der Waals surface area (Å²) >= 11 is 0. The molecule has 206 valence electrons. The number of methoxy groups -OCH3 is 1. The third kappa shape index (κ3) is 5.00. The Morgan fingerprint density at radius 2 is 1.79 bits per heavy atom. The van der Waals surface area contributed by atoms with E-state index in [4.69, 9.17) is 4.74 Å². The molecule has 3 heterocycles. The van der Waals surface area contributed by atoms with Gasteiger partial charge >= 0.3 is 6.18 Å². The highest BCUT2D eigenvalue weighted by Gasteiger charge is 2.39. The van der Waals surface area contributed by atoms with Crippen LogP contribution in [0.25, 0.3) is 22.0 Å². The highest BCUT2D eigenvalue weighted by Crippen LogP contribution is 2.56. The Bertz CT molecular complexity index is 1560. The molecule has 0 amide bonds. The second-order valence-corrected chi connectivity index (χ2v) is 11.4. The molecule has 2 aromatic carbocycles. The quantitative estimate of drug-likeness (QED) is 0.288. The van der Waals surface area contributed by atoms with Crippen molar-refractivity contribution >= 4 is 33.2 Å². The first-order valence-corrected chi connectivity index (χ1v) is 13.5. The van der Waals surface area contributed by atoms with E-state index in [1.807, 2.05) is 0 Å². The van der Waals surface area contributed by atoms with E-state index < -0.39 is 33.3 Å². The average Bonchev–Trinajstić information content (AvgIpc) is 3.22. The molecule has 5 rings (SSSR count). The van der Waals surface area contributed by atoms with Crippen LogP contribution < -0.4 is 19.9 Å². The lowest BCUT2D eigenvalue weighted by Crippen LogP contribution is -2.29. The van der Waals surface area contributed by atoms with Crippen molar-refractivity contribution in [1.29, 1.82) is 0 Å². The van der Waals surface area contributed by atoms with Gasteiger partial charge in [-0.1, -0.05) is 12.1 Å². The van der Waals surface area contributed by atoms with Crippen LogP contribution in [0.5, 0.6) is 5.75 Å². The van der Waals surface area contributed by atoms with Crippen molar-refractivity contribution in [3.63, 3.8) is 0 Å². The van der Waals surface area contributed by atoms with Crippen molar-refractivity contribution in [3.05, 3.63) is 77.0 Å². The summed E-state index contributed by atoms with van der Waals surface area (Å²) in [5, 5.41) is 2.69. The average molecular weight is 562 g/mol. The number of hydrogen-bond acceptors (Lipinski definition) is 8. The van der Waals surface area contributed by atoms with Crippen LogP contribution in [0.15, 0.2) is 65.8 Å². The van der Waals surface area contributed by atoms with Gasteiger partial charge in [-0.2, -0.15) is 13.2 Å². The van der Waals surface area contributed by atoms with Crippen LogP contribution in [0, 0.1) is 0 Å². The van der Waals surface area contributed by atoms with Crippen LogP contribution in [0.1, 0.15) is 12.0 Å². The summed E-state index contributed by atoms with van der Waals surface area (Å²) in [6.07, 6.45) is -1.21. The summed E-state index contributed by atoms with van der Waals surface area (Å²) in [6.45, 7) is 0.542. The van der Waals surface area contributed by atoms with Gasteiger partial charge in [0.15, 0.2) is 0 Å². The number of ether oxygens (including phenoxy) is 1. The number of benzene rings is 2. The fourth-order valence-electron chi connectivity index (χ4n) is 4.59. The predicted octanol–water partition coefficient (Wildman–Crippen LogP) is 5.38. The predicted molar refractivity (Wildman–Crippen MR) is 145 cm³/mol. The second kappa shape index (κ2) is 10.1. The molecule has 39 heavy (non-hydrogen) atoms. The lowest BCUT2D eigenvalue weighted by molar-refractivity contribution is -0.137. The summed E-state index contributed by atoms with van der Waals surface area (Å²) in [6, 6.07) is 11.6. The standard InChI is InChI=1S/C26H26F3N5O4S/c1-33-15-32-23-21(16-3-5-17(6-4-16)26(27,28)29)14-31-24(22(23)25(33)35)30-13-20-11-12-34(39(20,36)37)18-7-9-19(38-2)10-8-18/h3-10,14-15,20,36-37H,11-13H2,1-2H3,(H,30,31). The van der Waals surface area contributed by atoms with Gasteiger partial charge in [0.1, 0.15) is 17.0 Å². The van der Waals surface area contributed by atoms with Crippen molar-refractivity contribution < 1.29 is 27.0 Å². The monoisotopic (exact) mass is 561 g/mol. The fourth-order valence-corrected chi connectivity index (χ4v) is 6.48. The first-order chi connectivity index (χ1) is 18.5. The van der Waals surface area contributed by atoms with Crippen LogP contribution in [0.4, 0.5) is 24.7 Å². The number of aromatic nitrogens is 3. The smallest absolute Gasteiger partial charge is 0.416 e. The van der Waals surface area contributed by atoms with Gasteiger partial charge < -0.3 is 14.6 Å². The number of fused-ring (bicyclic) bond motifs is 1. The molecule has 4 aromatic rings. The Kier molecular flexibility index (Phi) is 6.91. The number of pyridine rings is 1. The summed E-state index contributed by atoms with van der Waals surface area (Å²) in [7, 11) is -0.114. The second-order valence-electron chi connectivity index (χ2n) is 9.13. The van der Waals surface area contributed by atoms with Crippen LogP contribution in [0.3, 0.4) is 0 Å². The largest absolute Gasteiger partial charge is 0.497 e. The Labute approximate surface area is 223 Å². The number of aryl methyl sites for hydroxylation is 1. The van der Waals surface area contributed by atoms with Gasteiger partial charge in [0.2, 0.25) is 0 Å². The summed E-state index contributed by atoms with van der Waals surface area (Å²) in [5.41, 5.74) is 0.561. The third-order valence-corrected chi connectivity index (χ3v) is 9.09. The molecule has 0 aliphatic carbocycles. The zero-order valence-electron chi connectivity index (χ0n) is 21.0. The first-order valence-electron chi connectivity index (χ1n) is 12.0. The minimum absolute atomic E-state index is 0.120. The molecule has 1 saturated heterocycles. The zero-order chi connectivity index (χ0) is 27.9. The molecule has 0 radical (unpaired) electrons. The number of rotatable bonds is 6. The van der Waals surface area contributed by atoms with Crippen molar-refractivity contribution in [2.75, 3.05) is 29.8 Å². The molecule has 3 N–H and O–H groups in total. The van der Waals surface area contributed by atoms with Gasteiger partial charge in [0, 0.05) is 31.9 Å². The van der Waals surface area contributed by atoms with Crippen LogP contribution >= 0.6 is 10.8 Å². The van der Waals surface area contributed by atoms with E-state index in [0.29, 0.717) is 35.5 Å². The third-order valence-electron chi connectivity index (χ3n) is 6.75. The van der Waals surface area contributed by atoms with Gasteiger partial charge in [-0.3, -0.25) is 18.2 Å². The highest BCUT2D eigenvalue weighted by molar-refractivity contribution is 8.26. The Morgan fingerprint density at radius 3 is 2.44 bits per heavy atom. The first kappa shape index (κ1) is 26.8. The Balaban J connectivity index is 1.43. The molecular formula is C26H26F3N5O4S. The van der Waals surface area contributed by atoms with E-state index in [1.165, 1.54) is 36.3 Å². The highest BCUT2D eigenvalue weighted by atomic mass is 32.3. The normalized spacial score (nSPS) is 17.8. The molecule has 1 aliphatic rings. The number of hydrogen-bond donors (Lipinski definition) is 3. The van der Waals surface area contributed by atoms with Gasteiger partial charge in [0.05, 0.1) is 35.5 Å². The van der Waals surface area contributed by atoms with E-state index in [9.17, 15) is 27.1 Å². The van der Waals surface area contributed by atoms with Crippen molar-refractivity contribution in [2.45, 2.75) is 17.8 Å². The number of nitrogens with zero attached hydrogens (tertiary/aromatic N) is 4. The minimum atomic E-state index is -4.47. The summed E-state index contributed by atoms with van der Waals surface area (Å²) in [4.78, 5) is 21.9. The van der Waals surface area contributed by atoms with Crippen molar-refractivity contribution in [2.24, 2.45) is 7.05 Å². The molecule has 1 aliphatic heterocycles. The molecule has 1 atom stereocenters. The Hall–Kier alpha value is -3.81. The minimum Gasteiger partial charge on any atom is -0.497 e. The Morgan fingerprint density at radius 1 is 1.10 bits per heavy atom. The van der Waals surface area contributed by atoms with Gasteiger partial charge in [-0.15, -0.1) is 10.8 Å². The maximum Gasteiger partial charge on any atom is 0.416 e. The molecule has 1 unspecified atom stereocenters. The van der Waals surface area contributed by atoms with Crippen molar-refractivity contribution in [1.82, 2.24) is 14.5 Å². The maximum absolute atomic E-state index is 13.1. The van der Waals surface area contributed by atoms with Crippen LogP contribution in [-0.4, -0.2) is 49.1 Å². The van der Waals surface area contributed by atoms with E-state index in [2.05, 4.69) is 15.3 Å². The molecule has 1 fully saturated rings. The zero-order valence-corrected chi connectivity index (χ0v) is 21.8. The number of halogens is 3.